The summed E-state index contributed by atoms with van der Waals surface area (Å²) in [5, 5.41) is 9.63. The van der Waals surface area contributed by atoms with Gasteiger partial charge < -0.3 is 24.8 Å². The average molecular weight is 443 g/mol. The number of nitrogens with one attached hydrogen (secondary N) is 2. The molecule has 5 atom stereocenters. The molecule has 1 saturated carbocycles. The van der Waals surface area contributed by atoms with E-state index in [-0.39, 0.29) is 23.8 Å². The molecule has 9 nitrogen and oxygen atoms in total. The van der Waals surface area contributed by atoms with Gasteiger partial charge in [0.25, 0.3) is 0 Å². The Balaban J connectivity index is 1.50. The summed E-state index contributed by atoms with van der Waals surface area (Å²) in [7, 11) is 0. The Kier molecular flexibility index (Phi) is 4.74. The minimum absolute atomic E-state index is 0.0175. The standard InChI is InChI=1S/C23H30N4O5/c1-12-11-15(26-32-12)24-19(28)16-14-9-10-23(31-14)17(16)21(30)27(13-7-5-6-8-13)18(23)20(29)25-22(2,3)4/h9-11,13-14,16-18H,5-8H2,1-4H3,(H,25,29)(H,24,26,28)/t14-,16-,17-,18-,23-/m1/s1. The summed E-state index contributed by atoms with van der Waals surface area (Å²) in [5.74, 6) is -1.37. The molecule has 5 rings (SSSR count). The number of carbonyl (C=O) groups excluding carboxylic acids is 3. The van der Waals surface area contributed by atoms with Gasteiger partial charge in [-0.2, -0.15) is 0 Å². The highest BCUT2D eigenvalue weighted by atomic mass is 16.5. The third kappa shape index (κ3) is 3.17. The number of aryl methyl sites for hydroxylation is 1. The molecule has 3 amide bonds. The van der Waals surface area contributed by atoms with Crippen molar-refractivity contribution < 1.29 is 23.6 Å². The van der Waals surface area contributed by atoms with Gasteiger partial charge in [-0.15, -0.1) is 0 Å². The predicted molar refractivity (Wildman–Crippen MR) is 114 cm³/mol. The van der Waals surface area contributed by atoms with Crippen LogP contribution in [0.2, 0.25) is 0 Å². The molecule has 9 heteroatoms. The van der Waals surface area contributed by atoms with Crippen molar-refractivity contribution >= 4 is 23.5 Å². The molecule has 4 heterocycles. The second-order valence-electron chi connectivity index (χ2n) is 10.4. The zero-order valence-electron chi connectivity index (χ0n) is 18.9. The minimum atomic E-state index is -1.14. The molecule has 1 spiro atoms. The summed E-state index contributed by atoms with van der Waals surface area (Å²) in [4.78, 5) is 42.3. The van der Waals surface area contributed by atoms with Gasteiger partial charge in [-0.3, -0.25) is 14.4 Å². The van der Waals surface area contributed by atoms with Crippen LogP contribution < -0.4 is 10.6 Å². The number of carbonyl (C=O) groups is 3. The lowest BCUT2D eigenvalue weighted by Gasteiger charge is -2.37. The second-order valence-corrected chi connectivity index (χ2v) is 10.4. The van der Waals surface area contributed by atoms with Crippen molar-refractivity contribution in [3.05, 3.63) is 24.0 Å². The van der Waals surface area contributed by atoms with E-state index in [2.05, 4.69) is 15.8 Å². The van der Waals surface area contributed by atoms with E-state index in [1.807, 2.05) is 32.9 Å². The van der Waals surface area contributed by atoms with Crippen molar-refractivity contribution in [1.29, 1.82) is 0 Å². The fraction of sp³-hybridized carbons (Fsp3) is 0.652. The number of anilines is 1. The third-order valence-electron chi connectivity index (χ3n) is 6.96. The molecule has 1 aromatic rings. The average Bonchev–Trinajstić information content (AvgIpc) is 3.48. The highest BCUT2D eigenvalue weighted by Gasteiger charge is 2.73. The monoisotopic (exact) mass is 442 g/mol. The van der Waals surface area contributed by atoms with Crippen molar-refractivity contribution in [3.63, 3.8) is 0 Å². The van der Waals surface area contributed by atoms with Gasteiger partial charge in [0.15, 0.2) is 5.82 Å². The fourth-order valence-electron chi connectivity index (χ4n) is 5.86. The molecule has 172 valence electrons. The molecule has 3 fully saturated rings. The van der Waals surface area contributed by atoms with E-state index in [4.69, 9.17) is 9.26 Å². The van der Waals surface area contributed by atoms with Gasteiger partial charge in [-0.25, -0.2) is 0 Å². The van der Waals surface area contributed by atoms with Crippen LogP contribution in [0.5, 0.6) is 0 Å². The lowest BCUT2D eigenvalue weighted by molar-refractivity contribution is -0.144. The molecule has 3 aliphatic heterocycles. The molecular weight excluding hydrogens is 412 g/mol. The first kappa shape index (κ1) is 21.2. The van der Waals surface area contributed by atoms with Crippen molar-refractivity contribution in [2.75, 3.05) is 5.32 Å². The van der Waals surface area contributed by atoms with Gasteiger partial charge in [0, 0.05) is 17.6 Å². The summed E-state index contributed by atoms with van der Waals surface area (Å²) < 4.78 is 11.4. The van der Waals surface area contributed by atoms with Crippen LogP contribution in [0.25, 0.3) is 0 Å². The highest BCUT2D eigenvalue weighted by molar-refractivity contribution is 6.02. The number of aromatic nitrogens is 1. The van der Waals surface area contributed by atoms with Crippen LogP contribution in [0.15, 0.2) is 22.7 Å². The molecule has 0 radical (unpaired) electrons. The summed E-state index contributed by atoms with van der Waals surface area (Å²) >= 11 is 0. The van der Waals surface area contributed by atoms with Crippen LogP contribution in [0.3, 0.4) is 0 Å². The van der Waals surface area contributed by atoms with Gasteiger partial charge in [0.05, 0.1) is 17.9 Å². The van der Waals surface area contributed by atoms with E-state index in [0.717, 1.165) is 25.7 Å². The van der Waals surface area contributed by atoms with E-state index >= 15 is 0 Å². The lowest BCUT2D eigenvalue weighted by Crippen LogP contribution is -2.59. The number of likely N-dealkylation sites (tertiary alicyclic amines) is 1. The van der Waals surface area contributed by atoms with Crippen LogP contribution >= 0.6 is 0 Å². The molecule has 0 aromatic carbocycles. The second kappa shape index (κ2) is 7.16. The number of amides is 3. The Bertz CT molecular complexity index is 989. The third-order valence-corrected chi connectivity index (χ3v) is 6.96. The topological polar surface area (TPSA) is 114 Å². The fourth-order valence-corrected chi connectivity index (χ4v) is 5.86. The summed E-state index contributed by atoms with van der Waals surface area (Å²) in [6.07, 6.45) is 6.85. The van der Waals surface area contributed by atoms with Gasteiger partial charge in [0.1, 0.15) is 17.4 Å². The summed E-state index contributed by atoms with van der Waals surface area (Å²) in [5.41, 5.74) is -1.60. The van der Waals surface area contributed by atoms with E-state index in [9.17, 15) is 14.4 Å². The first-order valence-corrected chi connectivity index (χ1v) is 11.4. The maximum atomic E-state index is 13.8. The zero-order valence-corrected chi connectivity index (χ0v) is 18.9. The van der Waals surface area contributed by atoms with Gasteiger partial charge in [-0.1, -0.05) is 30.2 Å². The minimum Gasteiger partial charge on any atom is -0.360 e. The largest absolute Gasteiger partial charge is 0.360 e. The predicted octanol–water partition coefficient (Wildman–Crippen LogP) is 1.93. The summed E-state index contributed by atoms with van der Waals surface area (Å²) in [6.45, 7) is 7.47. The maximum Gasteiger partial charge on any atom is 0.246 e. The Labute approximate surface area is 186 Å². The smallest absolute Gasteiger partial charge is 0.246 e. The molecule has 1 aromatic heterocycles. The van der Waals surface area contributed by atoms with Crippen molar-refractivity contribution in [3.8, 4) is 0 Å². The van der Waals surface area contributed by atoms with E-state index < -0.39 is 35.1 Å². The van der Waals surface area contributed by atoms with Crippen molar-refractivity contribution in [2.45, 2.75) is 82.7 Å². The maximum absolute atomic E-state index is 13.8. The Morgan fingerprint density at radius 2 is 1.94 bits per heavy atom. The molecule has 0 unspecified atom stereocenters. The number of ether oxygens (including phenoxy) is 1. The van der Waals surface area contributed by atoms with Gasteiger partial charge >= 0.3 is 0 Å². The lowest BCUT2D eigenvalue weighted by atomic mass is 9.74. The van der Waals surface area contributed by atoms with Crippen LogP contribution in [0, 0.1) is 18.8 Å². The van der Waals surface area contributed by atoms with Crippen LogP contribution in [-0.2, 0) is 19.1 Å². The molecule has 4 aliphatic rings. The zero-order chi connectivity index (χ0) is 22.8. The Morgan fingerprint density at radius 3 is 2.56 bits per heavy atom. The van der Waals surface area contributed by atoms with E-state index in [0.29, 0.717) is 11.6 Å². The Hall–Kier alpha value is -2.68. The number of hydrogen-bond donors (Lipinski definition) is 2. The highest BCUT2D eigenvalue weighted by Crippen LogP contribution is 2.56. The number of hydrogen-bond acceptors (Lipinski definition) is 6. The van der Waals surface area contributed by atoms with Gasteiger partial charge in [-0.05, 0) is 40.5 Å². The number of nitrogens with zero attached hydrogens (tertiary/aromatic N) is 2. The molecule has 2 bridgehead atoms. The van der Waals surface area contributed by atoms with Crippen molar-refractivity contribution in [1.82, 2.24) is 15.4 Å². The SMILES string of the molecule is Cc1cc(NC(=O)[C@@H]2[C@H]3C=C[C@@]4(O3)[C@H]2C(=O)N(C2CCCC2)[C@@H]4C(=O)NC(C)(C)C)no1. The molecule has 1 aliphatic carbocycles. The molecule has 2 saturated heterocycles. The number of rotatable bonds is 4. The molecule has 32 heavy (non-hydrogen) atoms. The molecular formula is C23H30N4O5. The first-order valence-electron chi connectivity index (χ1n) is 11.4. The van der Waals surface area contributed by atoms with E-state index in [1.54, 1.807) is 17.9 Å². The number of fused-ring (bicyclic) bond motifs is 1. The van der Waals surface area contributed by atoms with Gasteiger partial charge in [0.2, 0.25) is 17.7 Å². The quantitative estimate of drug-likeness (QED) is 0.689. The van der Waals surface area contributed by atoms with E-state index in [1.165, 1.54) is 0 Å². The van der Waals surface area contributed by atoms with Crippen LogP contribution in [0.4, 0.5) is 5.82 Å². The first-order chi connectivity index (χ1) is 15.1. The normalized spacial score (nSPS) is 33.8. The Morgan fingerprint density at radius 1 is 1.22 bits per heavy atom. The van der Waals surface area contributed by atoms with Crippen molar-refractivity contribution in [2.24, 2.45) is 11.8 Å². The molecule has 2 N–H and O–H groups in total. The van der Waals surface area contributed by atoms with Crippen LogP contribution in [-0.4, -0.2) is 57.1 Å². The van der Waals surface area contributed by atoms with Crippen LogP contribution in [0.1, 0.15) is 52.2 Å². The summed E-state index contributed by atoms with van der Waals surface area (Å²) in [6, 6.07) is 0.810.